The van der Waals surface area contributed by atoms with Crippen LogP contribution in [0.15, 0.2) is 23.3 Å². The van der Waals surface area contributed by atoms with Crippen LogP contribution in [0.5, 0.6) is 0 Å². The Hall–Kier alpha value is -1.29. The third-order valence-electron chi connectivity index (χ3n) is 3.96. The predicted molar refractivity (Wildman–Crippen MR) is 72.1 cm³/mol. The first-order chi connectivity index (χ1) is 8.70. The third-order valence-corrected chi connectivity index (χ3v) is 4.33. The number of nitrogens with zero attached hydrogens (tertiary/aromatic N) is 1. The van der Waals surface area contributed by atoms with Gasteiger partial charge in [0, 0.05) is 17.3 Å². The van der Waals surface area contributed by atoms with Crippen LogP contribution in [-0.2, 0) is 9.59 Å². The Morgan fingerprint density at radius 3 is 2.50 bits per heavy atom. The maximum absolute atomic E-state index is 12.4. The number of thiocarbonyl (C=S) groups is 1. The largest absolute Gasteiger partial charge is 0.271 e. The summed E-state index contributed by atoms with van der Waals surface area (Å²) in [6, 6.07) is 0.0838. The summed E-state index contributed by atoms with van der Waals surface area (Å²) in [6.45, 7) is 0. The molecular weight excluding hydrogens is 246 g/mol. The number of rotatable bonds is 1. The fraction of sp³-hybridized carbons (Fsp3) is 0.500. The SMILES string of the molecule is O=C1C2=C(C(=O)N1C1CCCCC1)C(=S)CC=C2. The fourth-order valence-corrected chi connectivity index (χ4v) is 3.34. The van der Waals surface area contributed by atoms with Crippen LogP contribution in [0, 0.1) is 0 Å². The highest BCUT2D eigenvalue weighted by atomic mass is 32.1. The highest BCUT2D eigenvalue weighted by Gasteiger charge is 2.43. The van der Waals surface area contributed by atoms with E-state index in [0.29, 0.717) is 22.4 Å². The standard InChI is InChI=1S/C14H15NO2S/c16-13-10-7-4-8-11(18)12(10)14(17)15(13)9-5-2-1-3-6-9/h4,7,9H,1-3,5-6,8H2. The van der Waals surface area contributed by atoms with Gasteiger partial charge in [0.25, 0.3) is 11.8 Å². The molecule has 4 heteroatoms. The number of allylic oxidation sites excluding steroid dienone is 1. The number of amides is 2. The molecule has 2 aliphatic carbocycles. The van der Waals surface area contributed by atoms with E-state index in [1.807, 2.05) is 6.08 Å². The fourth-order valence-electron chi connectivity index (χ4n) is 3.05. The van der Waals surface area contributed by atoms with Crippen molar-refractivity contribution in [3.8, 4) is 0 Å². The van der Waals surface area contributed by atoms with Crippen LogP contribution in [-0.4, -0.2) is 27.6 Å². The second-order valence-electron chi connectivity index (χ2n) is 5.09. The Morgan fingerprint density at radius 2 is 1.83 bits per heavy atom. The third kappa shape index (κ3) is 1.67. The highest BCUT2D eigenvalue weighted by molar-refractivity contribution is 7.81. The molecule has 1 fully saturated rings. The van der Waals surface area contributed by atoms with Crippen molar-refractivity contribution in [3.63, 3.8) is 0 Å². The van der Waals surface area contributed by atoms with Gasteiger partial charge in [-0.05, 0) is 12.8 Å². The molecule has 0 unspecified atom stereocenters. The van der Waals surface area contributed by atoms with E-state index in [4.69, 9.17) is 12.2 Å². The van der Waals surface area contributed by atoms with Gasteiger partial charge in [0.1, 0.15) is 0 Å². The molecule has 2 amide bonds. The summed E-state index contributed by atoms with van der Waals surface area (Å²) in [5.74, 6) is -0.295. The van der Waals surface area contributed by atoms with E-state index in [2.05, 4.69) is 0 Å². The first-order valence-electron chi connectivity index (χ1n) is 6.52. The van der Waals surface area contributed by atoms with Crippen LogP contribution in [0.1, 0.15) is 38.5 Å². The quantitative estimate of drug-likeness (QED) is 0.537. The molecule has 0 aromatic heterocycles. The van der Waals surface area contributed by atoms with Gasteiger partial charge in [0.05, 0.1) is 11.1 Å². The van der Waals surface area contributed by atoms with Crippen LogP contribution in [0.2, 0.25) is 0 Å². The van der Waals surface area contributed by atoms with Crippen molar-refractivity contribution in [2.75, 3.05) is 0 Å². The molecule has 0 spiro atoms. The van der Waals surface area contributed by atoms with Gasteiger partial charge in [-0.15, -0.1) is 0 Å². The van der Waals surface area contributed by atoms with Crippen molar-refractivity contribution in [1.82, 2.24) is 4.90 Å². The zero-order valence-corrected chi connectivity index (χ0v) is 11.0. The lowest BCUT2D eigenvalue weighted by atomic mass is 9.94. The summed E-state index contributed by atoms with van der Waals surface area (Å²) >= 11 is 5.22. The van der Waals surface area contributed by atoms with E-state index in [1.165, 1.54) is 11.3 Å². The van der Waals surface area contributed by atoms with Gasteiger partial charge >= 0.3 is 0 Å². The predicted octanol–water partition coefficient (Wildman–Crippen LogP) is 2.31. The van der Waals surface area contributed by atoms with Crippen LogP contribution in [0.4, 0.5) is 0 Å². The van der Waals surface area contributed by atoms with Crippen molar-refractivity contribution < 1.29 is 9.59 Å². The van der Waals surface area contributed by atoms with Gasteiger partial charge in [-0.3, -0.25) is 14.5 Å². The minimum absolute atomic E-state index is 0.0838. The van der Waals surface area contributed by atoms with E-state index < -0.39 is 0 Å². The molecule has 3 aliphatic rings. The minimum atomic E-state index is -0.156. The van der Waals surface area contributed by atoms with E-state index in [1.54, 1.807) is 6.08 Å². The molecule has 0 radical (unpaired) electrons. The van der Waals surface area contributed by atoms with Gasteiger partial charge in [-0.25, -0.2) is 0 Å². The van der Waals surface area contributed by atoms with Gasteiger partial charge in [-0.2, -0.15) is 0 Å². The Bertz CT molecular complexity index is 498. The van der Waals surface area contributed by atoms with E-state index in [-0.39, 0.29) is 17.9 Å². The summed E-state index contributed by atoms with van der Waals surface area (Å²) in [5.41, 5.74) is 1.00. The minimum Gasteiger partial charge on any atom is -0.271 e. The molecule has 3 nitrogen and oxygen atoms in total. The number of hydrogen-bond acceptors (Lipinski definition) is 3. The number of hydrogen-bond donors (Lipinski definition) is 0. The van der Waals surface area contributed by atoms with Gasteiger partial charge in [-0.1, -0.05) is 43.6 Å². The lowest BCUT2D eigenvalue weighted by Gasteiger charge is -2.29. The maximum atomic E-state index is 12.4. The van der Waals surface area contributed by atoms with Gasteiger partial charge < -0.3 is 0 Å². The van der Waals surface area contributed by atoms with Crippen molar-refractivity contribution in [1.29, 1.82) is 0 Å². The average molecular weight is 261 g/mol. The smallest absolute Gasteiger partial charge is 0.262 e. The molecule has 0 atom stereocenters. The molecule has 0 bridgehead atoms. The van der Waals surface area contributed by atoms with Crippen molar-refractivity contribution in [2.45, 2.75) is 44.6 Å². The molecule has 0 saturated heterocycles. The average Bonchev–Trinajstić information content (AvgIpc) is 2.64. The van der Waals surface area contributed by atoms with Crippen molar-refractivity contribution >= 4 is 28.9 Å². The van der Waals surface area contributed by atoms with Crippen LogP contribution >= 0.6 is 12.2 Å². The normalized spacial score (nSPS) is 25.1. The highest BCUT2D eigenvalue weighted by Crippen LogP contribution is 2.33. The lowest BCUT2D eigenvalue weighted by Crippen LogP contribution is -2.42. The second-order valence-corrected chi connectivity index (χ2v) is 5.58. The summed E-state index contributed by atoms with van der Waals surface area (Å²) in [4.78, 5) is 26.8. The summed E-state index contributed by atoms with van der Waals surface area (Å²) < 4.78 is 0. The molecule has 1 aliphatic heterocycles. The van der Waals surface area contributed by atoms with Crippen LogP contribution in [0.3, 0.4) is 0 Å². The number of imide groups is 1. The summed E-state index contributed by atoms with van der Waals surface area (Å²) in [6.07, 6.45) is 9.52. The topological polar surface area (TPSA) is 37.4 Å². The first kappa shape index (κ1) is 11.8. The maximum Gasteiger partial charge on any atom is 0.262 e. The van der Waals surface area contributed by atoms with Crippen LogP contribution in [0.25, 0.3) is 0 Å². The number of carbonyl (C=O) groups is 2. The molecular formula is C14H15NO2S. The van der Waals surface area contributed by atoms with E-state index >= 15 is 0 Å². The van der Waals surface area contributed by atoms with Crippen LogP contribution < -0.4 is 0 Å². The Morgan fingerprint density at radius 1 is 1.11 bits per heavy atom. The Balaban J connectivity index is 1.92. The number of carbonyl (C=O) groups excluding carboxylic acids is 2. The molecule has 18 heavy (non-hydrogen) atoms. The zero-order chi connectivity index (χ0) is 12.7. The van der Waals surface area contributed by atoms with Gasteiger partial charge in [0.15, 0.2) is 0 Å². The molecule has 0 aromatic rings. The summed E-state index contributed by atoms with van der Waals surface area (Å²) in [5, 5.41) is 0. The molecule has 1 saturated carbocycles. The van der Waals surface area contributed by atoms with Crippen molar-refractivity contribution in [2.24, 2.45) is 0 Å². The lowest BCUT2D eigenvalue weighted by molar-refractivity contribution is -0.140. The van der Waals surface area contributed by atoms with Crippen molar-refractivity contribution in [3.05, 3.63) is 23.3 Å². The van der Waals surface area contributed by atoms with Gasteiger partial charge in [0.2, 0.25) is 0 Å². The second kappa shape index (κ2) is 4.43. The molecule has 3 rings (SSSR count). The first-order valence-corrected chi connectivity index (χ1v) is 6.93. The molecule has 0 aromatic carbocycles. The monoisotopic (exact) mass is 261 g/mol. The van der Waals surface area contributed by atoms with E-state index in [0.717, 1.165) is 25.7 Å². The zero-order valence-electron chi connectivity index (χ0n) is 10.1. The molecule has 0 N–H and O–H groups in total. The Labute approximate surface area is 112 Å². The van der Waals surface area contributed by atoms with E-state index in [9.17, 15) is 9.59 Å². The molecule has 1 heterocycles. The summed E-state index contributed by atoms with van der Waals surface area (Å²) in [7, 11) is 0. The Kier molecular flexibility index (Phi) is 2.90. The molecule has 94 valence electrons.